The van der Waals surface area contributed by atoms with Crippen LogP contribution in [0.5, 0.6) is 0 Å². The fourth-order valence-corrected chi connectivity index (χ4v) is 6.31. The van der Waals surface area contributed by atoms with E-state index in [1.165, 1.54) is 16.7 Å². The highest BCUT2D eigenvalue weighted by Crippen LogP contribution is 2.31. The molecule has 0 aromatic heterocycles. The molecule has 31 heavy (non-hydrogen) atoms. The molecule has 0 unspecified atom stereocenters. The molecule has 0 radical (unpaired) electrons. The molecule has 1 aromatic rings. The van der Waals surface area contributed by atoms with Crippen LogP contribution in [0.4, 0.5) is 0 Å². The van der Waals surface area contributed by atoms with Crippen molar-refractivity contribution in [3.63, 3.8) is 0 Å². The number of aryl methyl sites for hydroxylation is 1. The number of piperidine rings is 1. The van der Waals surface area contributed by atoms with E-state index in [1.807, 2.05) is 18.7 Å². The van der Waals surface area contributed by atoms with Gasteiger partial charge in [-0.1, -0.05) is 73.6 Å². The minimum atomic E-state index is -3.06. The summed E-state index contributed by atoms with van der Waals surface area (Å²) in [5, 5.41) is -0.295. The van der Waals surface area contributed by atoms with E-state index in [4.69, 9.17) is 0 Å². The lowest BCUT2D eigenvalue weighted by Crippen LogP contribution is -2.43. The van der Waals surface area contributed by atoms with Crippen molar-refractivity contribution in [3.8, 4) is 0 Å². The zero-order valence-corrected chi connectivity index (χ0v) is 21.7. The van der Waals surface area contributed by atoms with Gasteiger partial charge in [0.2, 0.25) is 5.91 Å². The molecule has 0 bridgehead atoms. The Balaban J connectivity index is 2.02. The molecule has 1 fully saturated rings. The molecule has 1 aliphatic heterocycles. The average molecular weight is 450 g/mol. The van der Waals surface area contributed by atoms with Crippen molar-refractivity contribution in [2.75, 3.05) is 18.8 Å². The molecule has 0 atom stereocenters. The molecule has 5 heteroatoms. The second kappa shape index (κ2) is 9.64. The summed E-state index contributed by atoms with van der Waals surface area (Å²) in [4.78, 5) is 14.7. The van der Waals surface area contributed by atoms with E-state index in [-0.39, 0.29) is 33.7 Å². The highest BCUT2D eigenvalue weighted by atomic mass is 32.2. The molecular weight excluding hydrogens is 406 g/mol. The average Bonchev–Trinajstić information content (AvgIpc) is 2.63. The minimum absolute atomic E-state index is 0.0589. The Morgan fingerprint density at radius 3 is 1.87 bits per heavy atom. The van der Waals surface area contributed by atoms with Gasteiger partial charge >= 0.3 is 0 Å². The van der Waals surface area contributed by atoms with E-state index in [2.05, 4.69) is 59.7 Å². The van der Waals surface area contributed by atoms with E-state index in [0.29, 0.717) is 32.4 Å². The van der Waals surface area contributed by atoms with Gasteiger partial charge in [0.1, 0.15) is 0 Å². The van der Waals surface area contributed by atoms with Crippen molar-refractivity contribution >= 4 is 15.7 Å². The number of amides is 1. The first-order valence-electron chi connectivity index (χ1n) is 11.7. The lowest BCUT2D eigenvalue weighted by atomic mass is 9.79. The first-order chi connectivity index (χ1) is 14.1. The number of likely N-dealkylation sites (tertiary alicyclic amines) is 1. The monoisotopic (exact) mass is 449 g/mol. The van der Waals surface area contributed by atoms with Crippen molar-refractivity contribution in [3.05, 3.63) is 34.9 Å². The largest absolute Gasteiger partial charge is 0.343 e. The molecule has 1 saturated heterocycles. The van der Waals surface area contributed by atoms with Gasteiger partial charge in [-0.05, 0) is 52.7 Å². The highest BCUT2D eigenvalue weighted by molar-refractivity contribution is 7.92. The van der Waals surface area contributed by atoms with Crippen molar-refractivity contribution < 1.29 is 13.2 Å². The number of rotatable bonds is 6. The molecule has 1 aromatic carbocycles. The van der Waals surface area contributed by atoms with E-state index in [0.717, 1.165) is 6.42 Å². The number of hydrogen-bond donors (Lipinski definition) is 0. The minimum Gasteiger partial charge on any atom is -0.343 e. The van der Waals surface area contributed by atoms with Gasteiger partial charge in [-0.25, -0.2) is 8.42 Å². The van der Waals surface area contributed by atoms with Crippen LogP contribution in [0.15, 0.2) is 18.2 Å². The normalized spacial score (nSPS) is 16.7. The first-order valence-corrected chi connectivity index (χ1v) is 13.5. The summed E-state index contributed by atoms with van der Waals surface area (Å²) in [5.74, 6) is 0.524. The number of hydrogen-bond acceptors (Lipinski definition) is 3. The molecule has 1 amide bonds. The van der Waals surface area contributed by atoms with Gasteiger partial charge in [-0.2, -0.15) is 0 Å². The highest BCUT2D eigenvalue weighted by Gasteiger charge is 2.31. The van der Waals surface area contributed by atoms with E-state index >= 15 is 0 Å². The number of nitrogens with zero attached hydrogens (tertiary/aromatic N) is 1. The maximum Gasteiger partial charge on any atom is 0.222 e. The summed E-state index contributed by atoms with van der Waals surface area (Å²) in [7, 11) is -3.06. The molecule has 0 saturated carbocycles. The van der Waals surface area contributed by atoms with Crippen molar-refractivity contribution in [2.45, 2.75) is 97.2 Å². The van der Waals surface area contributed by atoms with Crippen LogP contribution in [0.2, 0.25) is 0 Å². The maximum atomic E-state index is 12.8. The molecule has 176 valence electrons. The molecule has 0 spiro atoms. The topological polar surface area (TPSA) is 54.5 Å². The Labute approximate surface area is 190 Å². The third kappa shape index (κ3) is 7.34. The Morgan fingerprint density at radius 2 is 1.45 bits per heavy atom. The third-order valence-electron chi connectivity index (χ3n) is 6.22. The summed E-state index contributed by atoms with van der Waals surface area (Å²) in [6.45, 7) is 18.3. The summed E-state index contributed by atoms with van der Waals surface area (Å²) < 4.78 is 25.0. The molecule has 0 aliphatic carbocycles. The summed E-state index contributed by atoms with van der Waals surface area (Å²) >= 11 is 0. The maximum absolute atomic E-state index is 12.8. The predicted octanol–water partition coefficient (Wildman–Crippen LogP) is 5.28. The van der Waals surface area contributed by atoms with Crippen molar-refractivity contribution in [1.29, 1.82) is 0 Å². The zero-order chi connectivity index (χ0) is 23.6. The Hall–Kier alpha value is -1.36. The molecule has 4 nitrogen and oxygen atoms in total. The molecular formula is C26H43NO3S. The quantitative estimate of drug-likeness (QED) is 0.594. The Bertz CT molecular complexity index is 833. The van der Waals surface area contributed by atoms with Crippen LogP contribution in [0.3, 0.4) is 0 Å². The van der Waals surface area contributed by atoms with Gasteiger partial charge in [0.25, 0.3) is 0 Å². The lowest BCUT2D eigenvalue weighted by molar-refractivity contribution is -0.132. The van der Waals surface area contributed by atoms with Crippen LogP contribution in [-0.4, -0.2) is 43.3 Å². The van der Waals surface area contributed by atoms with Gasteiger partial charge in [0.15, 0.2) is 9.84 Å². The van der Waals surface area contributed by atoms with Gasteiger partial charge in [-0.15, -0.1) is 0 Å². The van der Waals surface area contributed by atoms with Crippen LogP contribution in [0.1, 0.15) is 91.3 Å². The summed E-state index contributed by atoms with van der Waals surface area (Å²) in [6.07, 6.45) is 2.32. The van der Waals surface area contributed by atoms with Crippen molar-refractivity contribution in [1.82, 2.24) is 4.90 Å². The van der Waals surface area contributed by atoms with E-state index in [1.54, 1.807) is 0 Å². The summed E-state index contributed by atoms with van der Waals surface area (Å²) in [5.41, 5.74) is 3.93. The fraction of sp³-hybridized carbons (Fsp3) is 0.731. The third-order valence-corrected chi connectivity index (χ3v) is 8.84. The Kier molecular flexibility index (Phi) is 8.05. The SMILES string of the molecule is CC(C)CS(=O)(=O)C1CCN(C(=O)CCc2cc(C(C)(C)C)cc(C(C)(C)C)c2)CC1. The van der Waals surface area contributed by atoms with Crippen LogP contribution >= 0.6 is 0 Å². The van der Waals surface area contributed by atoms with Crippen LogP contribution < -0.4 is 0 Å². The van der Waals surface area contributed by atoms with E-state index in [9.17, 15) is 13.2 Å². The number of sulfone groups is 1. The van der Waals surface area contributed by atoms with Crippen LogP contribution in [-0.2, 0) is 31.9 Å². The summed E-state index contributed by atoms with van der Waals surface area (Å²) in [6, 6.07) is 6.79. The second-order valence-electron chi connectivity index (χ2n) is 11.7. The lowest BCUT2D eigenvalue weighted by Gasteiger charge is -2.32. The fourth-order valence-electron chi connectivity index (χ4n) is 4.18. The number of carbonyl (C=O) groups excluding carboxylic acids is 1. The van der Waals surface area contributed by atoms with Gasteiger partial charge in [0.05, 0.1) is 11.0 Å². The van der Waals surface area contributed by atoms with Crippen LogP contribution in [0, 0.1) is 5.92 Å². The zero-order valence-electron chi connectivity index (χ0n) is 20.9. The molecule has 2 rings (SSSR count). The van der Waals surface area contributed by atoms with Crippen LogP contribution in [0.25, 0.3) is 0 Å². The molecule has 1 heterocycles. The van der Waals surface area contributed by atoms with E-state index < -0.39 is 9.84 Å². The standard InChI is InChI=1S/C26H43NO3S/c1-19(2)18-31(29,30)23-11-13-27(14-12-23)24(28)10-9-20-15-21(25(3,4)5)17-22(16-20)26(6,7)8/h15-17,19,23H,9-14,18H2,1-8H3. The molecule has 1 aliphatic rings. The first kappa shape index (κ1) is 25.9. The smallest absolute Gasteiger partial charge is 0.222 e. The second-order valence-corrected chi connectivity index (χ2v) is 14.0. The van der Waals surface area contributed by atoms with Gasteiger partial charge < -0.3 is 4.90 Å². The Morgan fingerprint density at radius 1 is 0.968 bits per heavy atom. The molecule has 0 N–H and O–H groups in total. The van der Waals surface area contributed by atoms with Crippen molar-refractivity contribution in [2.24, 2.45) is 5.92 Å². The number of benzene rings is 1. The van der Waals surface area contributed by atoms with Gasteiger partial charge in [-0.3, -0.25) is 4.79 Å². The van der Waals surface area contributed by atoms with Gasteiger partial charge in [0, 0.05) is 19.5 Å². The predicted molar refractivity (Wildman–Crippen MR) is 130 cm³/mol. The number of carbonyl (C=O) groups is 1.